The fourth-order valence-corrected chi connectivity index (χ4v) is 14.7. The Balaban J connectivity index is 1.33. The van der Waals surface area contributed by atoms with Gasteiger partial charge in [0, 0.05) is 92.7 Å². The summed E-state index contributed by atoms with van der Waals surface area (Å²) in [6.45, 7) is 0.554. The zero-order valence-electron chi connectivity index (χ0n) is 58.7. The van der Waals surface area contributed by atoms with E-state index in [4.69, 9.17) is 45.8 Å². The van der Waals surface area contributed by atoms with Crippen LogP contribution in [0.1, 0.15) is 101 Å². The molecule has 6 amide bonds. The molecule has 0 bridgehead atoms. The highest BCUT2D eigenvalue weighted by molar-refractivity contribution is 8.76. The second kappa shape index (κ2) is 41.8. The van der Waals surface area contributed by atoms with Crippen molar-refractivity contribution in [1.82, 2.24) is 46.0 Å². The lowest BCUT2D eigenvalue weighted by Crippen LogP contribution is -2.58. The van der Waals surface area contributed by atoms with Crippen molar-refractivity contribution < 1.29 is 84.3 Å². The molecule has 3 unspecified atom stereocenters. The summed E-state index contributed by atoms with van der Waals surface area (Å²) in [7, 11) is 1.88. The van der Waals surface area contributed by atoms with E-state index in [2.05, 4.69) is 71.2 Å². The van der Waals surface area contributed by atoms with Gasteiger partial charge in [0.2, 0.25) is 76.7 Å². The van der Waals surface area contributed by atoms with E-state index in [9.17, 15) is 79.5 Å². The SMILES string of the molecule is CC(=O)N[C@H]1CSSCC(C(=O)N2CCC[C@H]2C(=O)N2CCCC2C(=O)N[C@H](CCCCN)C(=O)N[C@H](CC(=O)O)C(N)=O)N=C(O)CN=C(O)[C@@H](Cc2c[nH]c3ccccc23)N=C(O)C(CCCNC(=N)N)N=C(O)[C@H](Cc2ccc(Cl)c(Cl)c2)N=C(O)[C@@H](Cc2cnc[nH]2)N=C(O)[C@@H](CCC(=O)O)N=C1O. The maximum absolute atomic E-state index is 15.2. The van der Waals surface area contributed by atoms with Crippen LogP contribution >= 0.6 is 44.8 Å². The normalized spacial score (nSPS) is 22.3. The molecule has 0 aliphatic carbocycles. The highest BCUT2D eigenvalue weighted by Crippen LogP contribution is 2.31. The Hall–Kier alpha value is -10.2. The number of carboxylic acids is 2. The number of aromatic nitrogens is 3. The first-order valence-electron chi connectivity index (χ1n) is 34.5. The Morgan fingerprint density at radius 3 is 1.95 bits per heavy atom. The Morgan fingerprint density at radius 1 is 0.685 bits per heavy atom. The quantitative estimate of drug-likeness (QED) is 0.0176. The van der Waals surface area contributed by atoms with Gasteiger partial charge in [0.15, 0.2) is 5.96 Å². The van der Waals surface area contributed by atoms with Crippen LogP contribution in [0, 0.1) is 5.41 Å². The van der Waals surface area contributed by atoms with E-state index in [0.29, 0.717) is 47.0 Å². The van der Waals surface area contributed by atoms with Crippen LogP contribution in [0.4, 0.5) is 0 Å². The number of likely N-dealkylation sites (tertiary alicyclic amines) is 2. The average molecular weight is 1580 g/mol. The van der Waals surface area contributed by atoms with Gasteiger partial charge in [-0.15, -0.1) is 0 Å². The summed E-state index contributed by atoms with van der Waals surface area (Å²) in [5.74, 6) is -14.7. The monoisotopic (exact) mass is 1580 g/mol. The van der Waals surface area contributed by atoms with Gasteiger partial charge < -0.3 is 104 Å². The number of imidazole rings is 1. The molecule has 0 radical (unpaired) electrons. The maximum atomic E-state index is 15.2. The lowest BCUT2D eigenvalue weighted by molar-refractivity contribution is -0.147. The molecular weight excluding hydrogens is 1490 g/mol. The number of benzene rings is 2. The highest BCUT2D eigenvalue weighted by Gasteiger charge is 2.45. The number of primary amides is 1. The third-order valence-electron chi connectivity index (χ3n) is 17.5. The van der Waals surface area contributed by atoms with Crippen LogP contribution in [0.5, 0.6) is 0 Å². The number of aliphatic imine (C=N–C) groups is 7. The second-order valence-corrected chi connectivity index (χ2v) is 28.9. The molecule has 108 heavy (non-hydrogen) atoms. The summed E-state index contributed by atoms with van der Waals surface area (Å²) in [4.78, 5) is 150. The first-order valence-corrected chi connectivity index (χ1v) is 37.8. The van der Waals surface area contributed by atoms with Gasteiger partial charge in [-0.3, -0.25) is 43.8 Å². The van der Waals surface area contributed by atoms with Crippen molar-refractivity contribution in [2.75, 3.05) is 44.2 Å². The molecule has 22 N–H and O–H groups in total. The van der Waals surface area contributed by atoms with E-state index in [1.807, 2.05) is 0 Å². The largest absolute Gasteiger partial charge is 0.495 e. The first-order chi connectivity index (χ1) is 51.5. The number of hydrogen-bond acceptors (Lipinski definition) is 20. The first kappa shape index (κ1) is 85.0. The van der Waals surface area contributed by atoms with Gasteiger partial charge in [-0.25, -0.2) is 39.9 Å². The summed E-state index contributed by atoms with van der Waals surface area (Å²) in [6, 6.07) is -4.79. The number of aromatic amines is 2. The second-order valence-electron chi connectivity index (χ2n) is 25.6. The number of unbranched alkanes of at least 4 members (excludes halogenated alkanes) is 1. The maximum Gasteiger partial charge on any atom is 0.305 e. The molecule has 41 heteroatoms. The highest BCUT2D eigenvalue weighted by atomic mass is 35.5. The number of nitrogens with two attached hydrogens (primary N) is 3. The molecule has 37 nitrogen and oxygen atoms in total. The molecule has 5 heterocycles. The van der Waals surface area contributed by atoms with E-state index in [0.717, 1.165) is 28.5 Å². The van der Waals surface area contributed by atoms with Crippen LogP contribution in [-0.4, -0.2) is 276 Å². The Kier molecular flexibility index (Phi) is 32.9. The minimum atomic E-state index is -1.71. The van der Waals surface area contributed by atoms with Gasteiger partial charge in [-0.1, -0.05) is 69.1 Å². The number of carbonyl (C=O) groups excluding carboxylic acids is 6. The number of carboxylic acid groups (broad SMARTS) is 2. The molecule has 7 rings (SSSR count). The van der Waals surface area contributed by atoms with Crippen LogP contribution < -0.4 is 38.5 Å². The summed E-state index contributed by atoms with van der Waals surface area (Å²) >= 11 is 12.8. The number of H-pyrrole nitrogens is 2. The van der Waals surface area contributed by atoms with Crippen LogP contribution in [0.3, 0.4) is 0 Å². The summed E-state index contributed by atoms with van der Waals surface area (Å²) < 4.78 is 0. The van der Waals surface area contributed by atoms with Crippen LogP contribution in [0.25, 0.3) is 10.9 Å². The average Bonchev–Trinajstić information content (AvgIpc) is 1.63. The van der Waals surface area contributed by atoms with E-state index in [1.54, 1.807) is 36.5 Å². The molecule has 3 aliphatic heterocycles. The van der Waals surface area contributed by atoms with Crippen LogP contribution in [0.2, 0.25) is 10.0 Å². The number of halogens is 2. The third-order valence-corrected chi connectivity index (χ3v) is 20.6. The zero-order valence-corrected chi connectivity index (χ0v) is 61.9. The number of fused-ring (bicyclic) bond motifs is 1. The molecule has 11 atom stereocenters. The van der Waals surface area contributed by atoms with E-state index in [-0.39, 0.29) is 106 Å². The minimum absolute atomic E-state index is 0.00342. The number of carbonyl (C=O) groups is 8. The van der Waals surface area contributed by atoms with Gasteiger partial charge >= 0.3 is 11.9 Å². The van der Waals surface area contributed by atoms with Crippen LogP contribution in [-0.2, 0) is 57.6 Å². The lowest BCUT2D eigenvalue weighted by Gasteiger charge is -2.32. The Labute approximate surface area is 636 Å². The number of aliphatic hydroxyl groups is 7. The fourth-order valence-electron chi connectivity index (χ4n) is 12.1. The number of hydrogen-bond donors (Lipinski definition) is 19. The van der Waals surface area contributed by atoms with Crippen LogP contribution in [0.15, 0.2) is 96.1 Å². The van der Waals surface area contributed by atoms with E-state index in [1.165, 1.54) is 34.5 Å². The molecule has 4 aromatic rings. The van der Waals surface area contributed by atoms with Crippen molar-refractivity contribution in [3.05, 3.63) is 88.1 Å². The van der Waals surface area contributed by atoms with Gasteiger partial charge in [0.1, 0.15) is 73.0 Å². The van der Waals surface area contributed by atoms with Gasteiger partial charge in [-0.2, -0.15) is 0 Å². The molecule has 2 aromatic heterocycles. The molecule has 0 saturated carbocycles. The summed E-state index contributed by atoms with van der Waals surface area (Å²) in [6.07, 6.45) is 2.89. The lowest BCUT2D eigenvalue weighted by atomic mass is 10.0. The third kappa shape index (κ3) is 25.7. The molecule has 2 fully saturated rings. The number of nitrogens with zero attached hydrogens (tertiary/aromatic N) is 10. The van der Waals surface area contributed by atoms with Gasteiger partial charge in [0.25, 0.3) is 0 Å². The number of nitrogens with one attached hydrogen (secondary N) is 7. The number of aliphatic carboxylic acids is 2. The van der Waals surface area contributed by atoms with E-state index < -0.39 is 187 Å². The van der Waals surface area contributed by atoms with Crippen molar-refractivity contribution in [2.45, 2.75) is 170 Å². The van der Waals surface area contributed by atoms with Crippen molar-refractivity contribution >= 4 is 150 Å². The van der Waals surface area contributed by atoms with Crippen molar-refractivity contribution in [2.24, 2.45) is 52.1 Å². The predicted molar refractivity (Wildman–Crippen MR) is 409 cm³/mol. The van der Waals surface area contributed by atoms with Crippen molar-refractivity contribution in [3.8, 4) is 0 Å². The molecule has 586 valence electrons. The smallest absolute Gasteiger partial charge is 0.305 e. The number of aliphatic hydroxyl groups excluding tert-OH is 7. The molecule has 2 aromatic carbocycles. The summed E-state index contributed by atoms with van der Waals surface area (Å²) in [5.41, 5.74) is 18.6. The molecule has 3 aliphatic rings. The van der Waals surface area contributed by atoms with Crippen molar-refractivity contribution in [1.29, 1.82) is 5.41 Å². The number of amides is 6. The minimum Gasteiger partial charge on any atom is -0.495 e. The predicted octanol–water partition coefficient (Wildman–Crippen LogP) is 3.20. The number of rotatable bonds is 27. The molecule has 2 saturated heterocycles. The molecular formula is C67H90Cl2N20O17S2. The summed E-state index contributed by atoms with van der Waals surface area (Å²) in [5, 5.41) is 123. The van der Waals surface area contributed by atoms with Gasteiger partial charge in [0.05, 0.1) is 22.8 Å². The number of para-hydroxylation sites is 1. The molecule has 0 spiro atoms. The standard InChI is InChI=1S/C67H90Cl2N20O17S2/c1-34(90)79-49-31-107-108-32-50(65(105)89-22-8-14-52(89)66(106)88-21-7-13-51(88)64(104)83-42(11-4-5-19-70)58(98)84-45(56(71)96)27-55(94)95)80-53(91)30-77-57(97)47(25-36-28-76-41-10-3-2-9-38(36)41)86-59(99)43(12-6-20-75-67(72)73)81-61(101)46(24-35-15-16-39(68)40(69)23-35)85-62(102)48(26-37-29-74-33-78-37)87-60(100)44(82-63(49)103)17-18-54(92)93/h2-3,9-10,15-16,23,28-29,33,42-52,76H,4-8,11-14,17-22,24-27,30-32,70H2,1H3,(H2,71,96)(H,74,78)(H,77,97)(H,79,90)(H,80,91)(H,81,101)(H,82,103)(H,83,104)(H,84,98)(H,85,102)(H,86,99)(H,87,100)(H,92,93)(H,94,95)(H4,72,73,75)/t42-,43?,44-,45-,46+,47-,48-,49+,50?,51?,52+/m1/s1. The topological polar surface area (TPSA) is 606 Å². The van der Waals surface area contributed by atoms with Gasteiger partial charge in [-0.05, 0) is 100 Å². The van der Waals surface area contributed by atoms with Crippen molar-refractivity contribution in [3.63, 3.8) is 0 Å². The zero-order chi connectivity index (χ0) is 78.7. The Bertz CT molecular complexity index is 4070. The van der Waals surface area contributed by atoms with E-state index >= 15 is 4.79 Å². The Morgan fingerprint density at radius 2 is 1.31 bits per heavy atom. The fraction of sp³-hybridized carbons (Fsp3) is 0.507. The number of guanidine groups is 1.